The monoisotopic (exact) mass is 438 g/mol. The Bertz CT molecular complexity index is 934. The summed E-state index contributed by atoms with van der Waals surface area (Å²) in [6, 6.07) is 13.2. The van der Waals surface area contributed by atoms with E-state index in [9.17, 15) is 14.4 Å². The normalized spacial score (nSPS) is 14.9. The molecule has 0 heterocycles. The van der Waals surface area contributed by atoms with Gasteiger partial charge < -0.3 is 21.7 Å². The van der Waals surface area contributed by atoms with Crippen molar-refractivity contribution >= 4 is 28.5 Å². The predicted molar refractivity (Wildman–Crippen MR) is 126 cm³/mol. The van der Waals surface area contributed by atoms with Gasteiger partial charge in [-0.15, -0.1) is 0 Å². The lowest BCUT2D eigenvalue weighted by Gasteiger charge is -2.29. The van der Waals surface area contributed by atoms with Crippen LogP contribution in [0.25, 0.3) is 10.8 Å². The summed E-state index contributed by atoms with van der Waals surface area (Å²) >= 11 is 0. The topological polar surface area (TPSA) is 119 Å². The first kappa shape index (κ1) is 23.7. The van der Waals surface area contributed by atoms with Crippen LogP contribution >= 0.6 is 0 Å². The van der Waals surface area contributed by atoms with Crippen molar-refractivity contribution in [3.63, 3.8) is 0 Å². The molecule has 0 saturated heterocycles. The number of carbonyl (C=O) groups excluding carboxylic acids is 3. The van der Waals surface area contributed by atoms with Gasteiger partial charge in [-0.1, -0.05) is 55.3 Å². The van der Waals surface area contributed by atoms with E-state index in [1.54, 1.807) is 4.90 Å². The minimum atomic E-state index is -0.743. The zero-order chi connectivity index (χ0) is 22.9. The van der Waals surface area contributed by atoms with Gasteiger partial charge in [0.2, 0.25) is 17.7 Å². The van der Waals surface area contributed by atoms with Gasteiger partial charge in [0, 0.05) is 6.04 Å². The van der Waals surface area contributed by atoms with Crippen molar-refractivity contribution in [3.8, 4) is 0 Å². The molecule has 2 aromatic rings. The van der Waals surface area contributed by atoms with Crippen molar-refractivity contribution < 1.29 is 14.4 Å². The summed E-state index contributed by atoms with van der Waals surface area (Å²) in [5.41, 5.74) is 11.9. The highest BCUT2D eigenvalue weighted by Crippen LogP contribution is 2.25. The molecular formula is C25H34N4O3. The summed E-state index contributed by atoms with van der Waals surface area (Å²) in [7, 11) is 0. The number of carbonyl (C=O) groups is 3. The molecule has 3 rings (SSSR count). The molecule has 0 aromatic heterocycles. The van der Waals surface area contributed by atoms with Crippen LogP contribution in [0.4, 0.5) is 0 Å². The molecule has 0 spiro atoms. The molecule has 2 aromatic carbocycles. The molecule has 7 nitrogen and oxygen atoms in total. The molecule has 172 valence electrons. The second-order valence-corrected chi connectivity index (χ2v) is 8.58. The Labute approximate surface area is 189 Å². The van der Waals surface area contributed by atoms with Crippen LogP contribution in [-0.4, -0.2) is 47.8 Å². The Hall–Kier alpha value is -2.93. The zero-order valence-corrected chi connectivity index (χ0v) is 18.6. The lowest BCUT2D eigenvalue weighted by Crippen LogP contribution is -2.51. The molecule has 5 N–H and O–H groups in total. The number of benzene rings is 2. The summed E-state index contributed by atoms with van der Waals surface area (Å²) in [4.78, 5) is 39.6. The number of hydrogen-bond acceptors (Lipinski definition) is 4. The maximum Gasteiger partial charge on any atom is 0.240 e. The Balaban J connectivity index is 1.71. The van der Waals surface area contributed by atoms with Crippen molar-refractivity contribution in [2.75, 3.05) is 13.1 Å². The first-order chi connectivity index (χ1) is 15.5. The van der Waals surface area contributed by atoms with Crippen LogP contribution in [0, 0.1) is 0 Å². The molecule has 1 atom stereocenters. The van der Waals surface area contributed by atoms with E-state index in [0.717, 1.165) is 48.4 Å². The van der Waals surface area contributed by atoms with Gasteiger partial charge in [-0.25, -0.2) is 0 Å². The largest absolute Gasteiger partial charge is 0.368 e. The average Bonchev–Trinajstić information content (AvgIpc) is 3.31. The number of hydrogen-bond donors (Lipinski definition) is 3. The van der Waals surface area contributed by atoms with Crippen molar-refractivity contribution in [2.24, 2.45) is 11.5 Å². The van der Waals surface area contributed by atoms with Gasteiger partial charge in [-0.2, -0.15) is 0 Å². The van der Waals surface area contributed by atoms with Crippen LogP contribution < -0.4 is 16.8 Å². The van der Waals surface area contributed by atoms with Crippen LogP contribution in [-0.2, 0) is 20.8 Å². The zero-order valence-electron chi connectivity index (χ0n) is 18.6. The van der Waals surface area contributed by atoms with Gasteiger partial charge in [0.15, 0.2) is 0 Å². The number of nitrogens with one attached hydrogen (secondary N) is 1. The lowest BCUT2D eigenvalue weighted by molar-refractivity contribution is -0.138. The van der Waals surface area contributed by atoms with E-state index in [4.69, 9.17) is 11.5 Å². The van der Waals surface area contributed by atoms with Gasteiger partial charge in [0.05, 0.1) is 13.0 Å². The summed E-state index contributed by atoms with van der Waals surface area (Å²) in [5, 5.41) is 4.87. The van der Waals surface area contributed by atoms with Crippen LogP contribution in [0.15, 0.2) is 42.5 Å². The van der Waals surface area contributed by atoms with E-state index in [-0.39, 0.29) is 30.8 Å². The molecule has 1 aliphatic rings. The van der Waals surface area contributed by atoms with Gasteiger partial charge >= 0.3 is 0 Å². The van der Waals surface area contributed by atoms with Gasteiger partial charge in [0.1, 0.15) is 6.04 Å². The SMILES string of the molecule is NCCCCC(NC(=O)CN(C(=O)Cc1cccc2ccccc12)C1CCCC1)C(N)=O. The molecule has 1 aliphatic carbocycles. The third-order valence-electron chi connectivity index (χ3n) is 6.25. The first-order valence-electron chi connectivity index (χ1n) is 11.5. The Morgan fingerprint density at radius 1 is 1.03 bits per heavy atom. The van der Waals surface area contributed by atoms with Gasteiger partial charge in [-0.05, 0) is 55.0 Å². The number of amides is 3. The second-order valence-electron chi connectivity index (χ2n) is 8.58. The Morgan fingerprint density at radius 3 is 2.47 bits per heavy atom. The summed E-state index contributed by atoms with van der Waals surface area (Å²) < 4.78 is 0. The third-order valence-corrected chi connectivity index (χ3v) is 6.25. The molecule has 0 radical (unpaired) electrons. The molecule has 0 bridgehead atoms. The van der Waals surface area contributed by atoms with Crippen molar-refractivity contribution in [1.29, 1.82) is 0 Å². The maximum atomic E-state index is 13.3. The van der Waals surface area contributed by atoms with Crippen LogP contribution in [0.3, 0.4) is 0 Å². The van der Waals surface area contributed by atoms with Crippen LogP contribution in [0.1, 0.15) is 50.5 Å². The summed E-state index contributed by atoms with van der Waals surface area (Å²) in [6.07, 6.45) is 6.04. The quantitative estimate of drug-likeness (QED) is 0.466. The summed E-state index contributed by atoms with van der Waals surface area (Å²) in [6.45, 7) is 0.465. The number of fused-ring (bicyclic) bond motifs is 1. The Kier molecular flexibility index (Phi) is 8.62. The van der Waals surface area contributed by atoms with Gasteiger partial charge in [0.25, 0.3) is 0 Å². The Morgan fingerprint density at radius 2 is 1.75 bits per heavy atom. The minimum Gasteiger partial charge on any atom is -0.368 e. The molecule has 1 saturated carbocycles. The minimum absolute atomic E-state index is 0.0486. The molecule has 0 aliphatic heterocycles. The van der Waals surface area contributed by atoms with Crippen molar-refractivity contribution in [3.05, 3.63) is 48.0 Å². The number of rotatable bonds is 11. The number of primary amides is 1. The smallest absolute Gasteiger partial charge is 0.240 e. The number of nitrogens with two attached hydrogens (primary N) is 2. The summed E-state index contributed by atoms with van der Waals surface area (Å²) in [5.74, 6) is -0.980. The third kappa shape index (κ3) is 6.29. The fourth-order valence-corrected chi connectivity index (χ4v) is 4.52. The second kappa shape index (κ2) is 11.6. The van der Waals surface area contributed by atoms with Crippen LogP contribution in [0.2, 0.25) is 0 Å². The standard InChI is InChI=1S/C25H34N4O3/c26-15-6-5-14-22(25(27)32)28-23(30)17-29(20-11-2-3-12-20)24(31)16-19-10-7-9-18-8-1-4-13-21(18)19/h1,4,7-10,13,20,22H,2-3,5-6,11-12,14-17,26H2,(H2,27,32)(H,28,30). The lowest BCUT2D eigenvalue weighted by atomic mass is 10.0. The van der Waals surface area contributed by atoms with Crippen LogP contribution in [0.5, 0.6) is 0 Å². The molecule has 32 heavy (non-hydrogen) atoms. The van der Waals surface area contributed by atoms with E-state index in [2.05, 4.69) is 5.32 Å². The molecule has 3 amide bonds. The number of nitrogens with zero attached hydrogens (tertiary/aromatic N) is 1. The van der Waals surface area contributed by atoms with E-state index < -0.39 is 11.9 Å². The van der Waals surface area contributed by atoms with Crippen molar-refractivity contribution in [2.45, 2.75) is 63.5 Å². The average molecular weight is 439 g/mol. The molecule has 1 fully saturated rings. The van der Waals surface area contributed by atoms with E-state index in [1.807, 2.05) is 42.5 Å². The van der Waals surface area contributed by atoms with E-state index in [0.29, 0.717) is 19.4 Å². The predicted octanol–water partition coefficient (Wildman–Crippen LogP) is 2.25. The van der Waals surface area contributed by atoms with E-state index >= 15 is 0 Å². The van der Waals surface area contributed by atoms with Crippen molar-refractivity contribution in [1.82, 2.24) is 10.2 Å². The highest BCUT2D eigenvalue weighted by atomic mass is 16.2. The van der Waals surface area contributed by atoms with Gasteiger partial charge in [-0.3, -0.25) is 14.4 Å². The molecule has 1 unspecified atom stereocenters. The fraction of sp³-hybridized carbons (Fsp3) is 0.480. The highest BCUT2D eigenvalue weighted by Gasteiger charge is 2.29. The fourth-order valence-electron chi connectivity index (χ4n) is 4.52. The molecular weight excluding hydrogens is 404 g/mol. The maximum absolute atomic E-state index is 13.3. The number of unbranched alkanes of at least 4 members (excludes halogenated alkanes) is 1. The molecule has 7 heteroatoms. The first-order valence-corrected chi connectivity index (χ1v) is 11.5. The highest BCUT2D eigenvalue weighted by molar-refractivity contribution is 5.93. The van der Waals surface area contributed by atoms with E-state index in [1.165, 1.54) is 0 Å².